The first kappa shape index (κ1) is 18.0. The van der Waals surface area contributed by atoms with E-state index < -0.39 is 0 Å². The van der Waals surface area contributed by atoms with Crippen molar-refractivity contribution in [3.05, 3.63) is 0 Å². The molecule has 2 bridgehead atoms. The molecule has 4 unspecified atom stereocenters. The van der Waals surface area contributed by atoms with Gasteiger partial charge in [0.15, 0.2) is 5.96 Å². The number of hydrogen-bond donors (Lipinski definition) is 3. The molecule has 0 radical (unpaired) electrons. The van der Waals surface area contributed by atoms with Gasteiger partial charge in [-0.15, -0.1) is 0 Å². The summed E-state index contributed by atoms with van der Waals surface area (Å²) in [6, 6.07) is 1.98. The number of hydrogen-bond acceptors (Lipinski definition) is 3. The van der Waals surface area contributed by atoms with Crippen molar-refractivity contribution in [1.29, 1.82) is 0 Å². The van der Waals surface area contributed by atoms with Crippen molar-refractivity contribution in [2.45, 2.75) is 88.9 Å². The van der Waals surface area contributed by atoms with Gasteiger partial charge in [0.05, 0.1) is 6.10 Å². The average Bonchev–Trinajstić information content (AvgIpc) is 2.55. The van der Waals surface area contributed by atoms with E-state index >= 15 is 0 Å². The van der Waals surface area contributed by atoms with Gasteiger partial charge in [-0.1, -0.05) is 26.2 Å². The zero-order valence-corrected chi connectivity index (χ0v) is 15.7. The Balaban J connectivity index is 1.52. The average molecular weight is 337 g/mol. The number of fused-ring (bicyclic) bond motifs is 2. The summed E-state index contributed by atoms with van der Waals surface area (Å²) in [7, 11) is 4.15. The highest BCUT2D eigenvalue weighted by Crippen LogP contribution is 2.35. The molecule has 0 spiro atoms. The summed E-state index contributed by atoms with van der Waals surface area (Å²) < 4.78 is 0. The molecule has 2 heterocycles. The fraction of sp³-hybridized carbons (Fsp3) is 0.947. The number of aliphatic imine (C=N–C) groups is 1. The van der Waals surface area contributed by atoms with Gasteiger partial charge < -0.3 is 20.6 Å². The Bertz CT molecular complexity index is 441. The number of piperidine rings is 2. The first-order valence-corrected chi connectivity index (χ1v) is 9.89. The number of rotatable bonds is 3. The Labute approximate surface area is 147 Å². The molecule has 2 aliphatic heterocycles. The third-order valence-electron chi connectivity index (χ3n) is 6.84. The fourth-order valence-electron chi connectivity index (χ4n) is 5.00. The van der Waals surface area contributed by atoms with E-state index in [0.717, 1.165) is 43.9 Å². The number of nitrogens with one attached hydrogen (secondary N) is 2. The largest absolute Gasteiger partial charge is 0.392 e. The van der Waals surface area contributed by atoms with E-state index in [-0.39, 0.29) is 11.5 Å². The molecule has 0 aromatic heterocycles. The lowest BCUT2D eigenvalue weighted by Crippen LogP contribution is -2.57. The van der Waals surface area contributed by atoms with Crippen LogP contribution >= 0.6 is 0 Å². The highest BCUT2D eigenvalue weighted by molar-refractivity contribution is 5.80. The molecule has 0 amide bonds. The van der Waals surface area contributed by atoms with Crippen molar-refractivity contribution in [3.63, 3.8) is 0 Å². The van der Waals surface area contributed by atoms with E-state index in [2.05, 4.69) is 34.5 Å². The van der Waals surface area contributed by atoms with Gasteiger partial charge in [-0.3, -0.25) is 4.99 Å². The molecule has 1 saturated carbocycles. The maximum absolute atomic E-state index is 10.4. The van der Waals surface area contributed by atoms with Crippen LogP contribution < -0.4 is 10.6 Å². The zero-order chi connectivity index (χ0) is 17.2. The van der Waals surface area contributed by atoms with E-state index in [1.807, 2.05) is 7.05 Å². The highest BCUT2D eigenvalue weighted by atomic mass is 16.3. The molecule has 3 N–H and O–H groups in total. The predicted octanol–water partition coefficient (Wildman–Crippen LogP) is 2.11. The van der Waals surface area contributed by atoms with Gasteiger partial charge >= 0.3 is 0 Å². The summed E-state index contributed by atoms with van der Waals surface area (Å²) in [6.07, 6.45) is 10.7. The minimum atomic E-state index is -0.195. The van der Waals surface area contributed by atoms with Crippen LogP contribution in [0.15, 0.2) is 4.99 Å². The minimum absolute atomic E-state index is 0.0286. The highest BCUT2D eigenvalue weighted by Gasteiger charge is 2.37. The second-order valence-electron chi connectivity index (χ2n) is 8.56. The van der Waals surface area contributed by atoms with Crippen LogP contribution in [-0.2, 0) is 0 Å². The first-order chi connectivity index (χ1) is 11.5. The molecule has 2 saturated heterocycles. The third kappa shape index (κ3) is 3.88. The van der Waals surface area contributed by atoms with Crippen molar-refractivity contribution >= 4 is 5.96 Å². The summed E-state index contributed by atoms with van der Waals surface area (Å²) in [4.78, 5) is 7.03. The molecular formula is C19H36N4O. The van der Waals surface area contributed by atoms with Crippen LogP contribution in [0.4, 0.5) is 0 Å². The zero-order valence-electron chi connectivity index (χ0n) is 15.7. The summed E-state index contributed by atoms with van der Waals surface area (Å²) >= 11 is 0. The van der Waals surface area contributed by atoms with Gasteiger partial charge in [-0.05, 0) is 45.6 Å². The molecule has 4 atom stereocenters. The lowest BCUT2D eigenvalue weighted by Gasteiger charge is -2.47. The molecule has 1 aliphatic carbocycles. The number of aliphatic hydroxyl groups excluding tert-OH is 1. The Kier molecular flexibility index (Phi) is 5.70. The third-order valence-corrected chi connectivity index (χ3v) is 6.84. The fourth-order valence-corrected chi connectivity index (χ4v) is 5.00. The standard InChI is InChI=1S/C19H36N4O/c1-19(10-5-4-9-17(19)24)13-21-18(20-2)22-14-11-15-7-6-8-16(12-14)23(15)3/h14-17,24H,4-13H2,1-3H3,(H2,20,21,22). The molecule has 3 aliphatic rings. The molecular weight excluding hydrogens is 300 g/mol. The van der Waals surface area contributed by atoms with Crippen molar-refractivity contribution in [2.24, 2.45) is 10.4 Å². The lowest BCUT2D eigenvalue weighted by atomic mass is 9.73. The van der Waals surface area contributed by atoms with E-state index in [9.17, 15) is 5.11 Å². The van der Waals surface area contributed by atoms with E-state index in [4.69, 9.17) is 0 Å². The van der Waals surface area contributed by atoms with E-state index in [1.54, 1.807) is 0 Å². The Morgan fingerprint density at radius 3 is 2.50 bits per heavy atom. The van der Waals surface area contributed by atoms with Crippen LogP contribution in [0, 0.1) is 5.41 Å². The molecule has 0 aromatic carbocycles. The van der Waals surface area contributed by atoms with Gasteiger partial charge in [0.2, 0.25) is 0 Å². The van der Waals surface area contributed by atoms with Gasteiger partial charge in [-0.25, -0.2) is 0 Å². The van der Waals surface area contributed by atoms with Crippen LogP contribution in [0.5, 0.6) is 0 Å². The molecule has 0 aromatic rings. The number of aliphatic hydroxyl groups is 1. The molecule has 138 valence electrons. The van der Waals surface area contributed by atoms with Gasteiger partial charge in [0, 0.05) is 37.1 Å². The normalized spacial score (nSPS) is 41.1. The van der Waals surface area contributed by atoms with Gasteiger partial charge in [-0.2, -0.15) is 0 Å². The van der Waals surface area contributed by atoms with Gasteiger partial charge in [0.25, 0.3) is 0 Å². The summed E-state index contributed by atoms with van der Waals surface area (Å²) in [6.45, 7) is 3.00. The van der Waals surface area contributed by atoms with Crippen LogP contribution in [0.2, 0.25) is 0 Å². The summed E-state index contributed by atoms with van der Waals surface area (Å²) in [5, 5.41) is 17.5. The molecule has 5 nitrogen and oxygen atoms in total. The SMILES string of the molecule is CN=C(NCC1(C)CCCCC1O)NC1CC2CCCC(C1)N2C. The molecule has 3 fully saturated rings. The second-order valence-corrected chi connectivity index (χ2v) is 8.56. The van der Waals surface area contributed by atoms with Crippen molar-refractivity contribution in [3.8, 4) is 0 Å². The van der Waals surface area contributed by atoms with Crippen LogP contribution in [0.1, 0.15) is 64.7 Å². The van der Waals surface area contributed by atoms with Crippen LogP contribution in [0.25, 0.3) is 0 Å². The Hall–Kier alpha value is -0.810. The quantitative estimate of drug-likeness (QED) is 0.546. The van der Waals surface area contributed by atoms with Crippen LogP contribution in [-0.4, -0.2) is 60.8 Å². The van der Waals surface area contributed by atoms with E-state index in [1.165, 1.54) is 38.5 Å². The second kappa shape index (κ2) is 7.61. The summed E-state index contributed by atoms with van der Waals surface area (Å²) in [5.41, 5.74) is -0.0286. The maximum Gasteiger partial charge on any atom is 0.191 e. The molecule has 24 heavy (non-hydrogen) atoms. The van der Waals surface area contributed by atoms with Crippen molar-refractivity contribution in [1.82, 2.24) is 15.5 Å². The number of nitrogens with zero attached hydrogens (tertiary/aromatic N) is 2. The van der Waals surface area contributed by atoms with Gasteiger partial charge in [0.1, 0.15) is 0 Å². The van der Waals surface area contributed by atoms with Crippen molar-refractivity contribution < 1.29 is 5.11 Å². The number of guanidine groups is 1. The first-order valence-electron chi connectivity index (χ1n) is 9.89. The Morgan fingerprint density at radius 1 is 1.17 bits per heavy atom. The van der Waals surface area contributed by atoms with Crippen molar-refractivity contribution in [2.75, 3.05) is 20.6 Å². The van der Waals surface area contributed by atoms with E-state index in [0.29, 0.717) is 6.04 Å². The minimum Gasteiger partial charge on any atom is -0.392 e. The smallest absolute Gasteiger partial charge is 0.191 e. The maximum atomic E-state index is 10.4. The molecule has 5 heteroatoms. The molecule has 3 rings (SSSR count). The monoisotopic (exact) mass is 336 g/mol. The summed E-state index contributed by atoms with van der Waals surface area (Å²) in [5.74, 6) is 0.904. The lowest BCUT2D eigenvalue weighted by molar-refractivity contribution is 0.00384. The van der Waals surface area contributed by atoms with Crippen LogP contribution in [0.3, 0.4) is 0 Å². The topological polar surface area (TPSA) is 59.9 Å². The predicted molar refractivity (Wildman–Crippen MR) is 99.3 cm³/mol. The Morgan fingerprint density at radius 2 is 1.88 bits per heavy atom.